The highest BCUT2D eigenvalue weighted by Crippen LogP contribution is 2.29. The summed E-state index contributed by atoms with van der Waals surface area (Å²) in [5.41, 5.74) is 1.87. The molecule has 4 aromatic rings. The van der Waals surface area contributed by atoms with Gasteiger partial charge in [0, 0.05) is 23.2 Å². The van der Waals surface area contributed by atoms with E-state index in [2.05, 4.69) is 10.2 Å². The average molecular weight is 451 g/mol. The minimum atomic E-state index is 0.0453. The molecule has 6 nitrogen and oxygen atoms in total. The fourth-order valence-electron chi connectivity index (χ4n) is 3.06. The maximum atomic E-state index is 12.7. The van der Waals surface area contributed by atoms with Gasteiger partial charge in [0.05, 0.1) is 19.4 Å². The minimum Gasteiger partial charge on any atom is -0.497 e. The Balaban J connectivity index is 1.58. The maximum absolute atomic E-state index is 12.7. The van der Waals surface area contributed by atoms with Crippen LogP contribution in [0.15, 0.2) is 77.3 Å². The SMILES string of the molecule is COc1ccc(-n2c(SCC(=O)N(C)Cc3cccs3)nnc2-c2ccccc2)cc1. The van der Waals surface area contributed by atoms with Crippen LogP contribution in [0.1, 0.15) is 4.88 Å². The van der Waals surface area contributed by atoms with E-state index in [1.165, 1.54) is 11.8 Å². The largest absolute Gasteiger partial charge is 0.497 e. The molecule has 0 saturated heterocycles. The average Bonchev–Trinajstić information content (AvgIpc) is 3.48. The quantitative estimate of drug-likeness (QED) is 0.363. The van der Waals surface area contributed by atoms with Crippen LogP contribution >= 0.6 is 23.1 Å². The van der Waals surface area contributed by atoms with Gasteiger partial charge in [-0.2, -0.15) is 0 Å². The minimum absolute atomic E-state index is 0.0453. The molecule has 0 bridgehead atoms. The Morgan fingerprint density at radius 2 is 1.84 bits per heavy atom. The van der Waals surface area contributed by atoms with Crippen LogP contribution in [0.2, 0.25) is 0 Å². The highest BCUT2D eigenvalue weighted by Gasteiger charge is 2.18. The number of carbonyl (C=O) groups excluding carboxylic acids is 1. The van der Waals surface area contributed by atoms with Gasteiger partial charge >= 0.3 is 0 Å². The molecular formula is C23H22N4O2S2. The Morgan fingerprint density at radius 3 is 2.52 bits per heavy atom. The molecule has 0 unspecified atom stereocenters. The number of hydrogen-bond acceptors (Lipinski definition) is 6. The Labute approximate surface area is 189 Å². The molecule has 2 aromatic carbocycles. The summed E-state index contributed by atoms with van der Waals surface area (Å²) in [4.78, 5) is 15.6. The zero-order valence-electron chi connectivity index (χ0n) is 17.3. The Bertz CT molecular complexity index is 1130. The molecule has 0 aliphatic heterocycles. The molecule has 0 radical (unpaired) electrons. The number of thiophene rings is 1. The molecule has 8 heteroatoms. The van der Waals surface area contributed by atoms with Gasteiger partial charge in [0.15, 0.2) is 11.0 Å². The van der Waals surface area contributed by atoms with E-state index < -0.39 is 0 Å². The molecule has 2 aromatic heterocycles. The van der Waals surface area contributed by atoms with Gasteiger partial charge in [0.2, 0.25) is 5.91 Å². The van der Waals surface area contributed by atoms with E-state index >= 15 is 0 Å². The lowest BCUT2D eigenvalue weighted by Gasteiger charge is -2.16. The zero-order chi connectivity index (χ0) is 21.6. The lowest BCUT2D eigenvalue weighted by atomic mass is 10.2. The smallest absolute Gasteiger partial charge is 0.233 e. The molecule has 0 aliphatic rings. The Kier molecular flexibility index (Phi) is 6.69. The van der Waals surface area contributed by atoms with Crippen molar-refractivity contribution in [2.45, 2.75) is 11.7 Å². The Hall–Kier alpha value is -3.10. The van der Waals surface area contributed by atoms with E-state index in [-0.39, 0.29) is 11.7 Å². The second kappa shape index (κ2) is 9.80. The first-order chi connectivity index (χ1) is 15.2. The van der Waals surface area contributed by atoms with Crippen LogP contribution in [-0.2, 0) is 11.3 Å². The summed E-state index contributed by atoms with van der Waals surface area (Å²) in [6, 6.07) is 21.7. The molecule has 0 saturated carbocycles. The number of carbonyl (C=O) groups is 1. The lowest BCUT2D eigenvalue weighted by molar-refractivity contribution is -0.127. The number of thioether (sulfide) groups is 1. The third-order valence-electron chi connectivity index (χ3n) is 4.72. The van der Waals surface area contributed by atoms with Crippen molar-refractivity contribution in [2.24, 2.45) is 0 Å². The fourth-order valence-corrected chi connectivity index (χ4v) is 4.71. The molecular weight excluding hydrogens is 428 g/mol. The third kappa shape index (κ3) is 4.98. The highest BCUT2D eigenvalue weighted by molar-refractivity contribution is 7.99. The summed E-state index contributed by atoms with van der Waals surface area (Å²) in [6.45, 7) is 0.609. The fraction of sp³-hybridized carbons (Fsp3) is 0.174. The van der Waals surface area contributed by atoms with Gasteiger partial charge in [-0.1, -0.05) is 48.2 Å². The third-order valence-corrected chi connectivity index (χ3v) is 6.49. The van der Waals surface area contributed by atoms with Crippen LogP contribution in [0.3, 0.4) is 0 Å². The van der Waals surface area contributed by atoms with Gasteiger partial charge in [-0.25, -0.2) is 0 Å². The van der Waals surface area contributed by atoms with E-state index in [0.717, 1.165) is 27.7 Å². The molecule has 158 valence electrons. The molecule has 4 rings (SSSR count). The highest BCUT2D eigenvalue weighted by atomic mass is 32.2. The summed E-state index contributed by atoms with van der Waals surface area (Å²) in [6.07, 6.45) is 0. The maximum Gasteiger partial charge on any atom is 0.233 e. The van der Waals surface area contributed by atoms with Crippen molar-refractivity contribution in [3.05, 3.63) is 77.0 Å². The molecule has 0 atom stereocenters. The first-order valence-corrected chi connectivity index (χ1v) is 11.6. The zero-order valence-corrected chi connectivity index (χ0v) is 18.9. The molecule has 0 fully saturated rings. The first-order valence-electron chi connectivity index (χ1n) is 9.70. The topological polar surface area (TPSA) is 60.2 Å². The van der Waals surface area contributed by atoms with Gasteiger partial charge in [-0.3, -0.25) is 9.36 Å². The summed E-state index contributed by atoms with van der Waals surface area (Å²) in [5, 5.41) is 11.5. The van der Waals surface area contributed by atoms with Crippen LogP contribution < -0.4 is 4.74 Å². The first kappa shape index (κ1) is 21.1. The number of benzene rings is 2. The summed E-state index contributed by atoms with van der Waals surface area (Å²) in [5.74, 6) is 1.83. The van der Waals surface area contributed by atoms with Gasteiger partial charge in [-0.05, 0) is 35.7 Å². The van der Waals surface area contributed by atoms with E-state index in [1.807, 2.05) is 83.7 Å². The number of rotatable bonds is 8. The normalized spacial score (nSPS) is 10.8. The van der Waals surface area contributed by atoms with Crippen molar-refractivity contribution in [1.82, 2.24) is 19.7 Å². The summed E-state index contributed by atoms with van der Waals surface area (Å²) >= 11 is 3.04. The van der Waals surface area contributed by atoms with Gasteiger partial charge in [-0.15, -0.1) is 21.5 Å². The van der Waals surface area contributed by atoms with Crippen molar-refractivity contribution in [2.75, 3.05) is 19.9 Å². The molecule has 2 heterocycles. The lowest BCUT2D eigenvalue weighted by Crippen LogP contribution is -2.27. The van der Waals surface area contributed by atoms with E-state index in [4.69, 9.17) is 4.74 Å². The summed E-state index contributed by atoms with van der Waals surface area (Å²) in [7, 11) is 3.47. The number of methoxy groups -OCH3 is 1. The van der Waals surface area contributed by atoms with Crippen molar-refractivity contribution in [3.8, 4) is 22.8 Å². The predicted octanol–water partition coefficient (Wildman–Crippen LogP) is 4.76. The van der Waals surface area contributed by atoms with Crippen molar-refractivity contribution >= 4 is 29.0 Å². The van der Waals surface area contributed by atoms with Crippen molar-refractivity contribution in [3.63, 3.8) is 0 Å². The van der Waals surface area contributed by atoms with Gasteiger partial charge in [0.1, 0.15) is 5.75 Å². The van der Waals surface area contributed by atoms with E-state index in [9.17, 15) is 4.79 Å². The standard InChI is InChI=1S/C23H22N4O2S2/c1-26(15-20-9-6-14-30-20)21(28)16-31-23-25-24-22(17-7-4-3-5-8-17)27(23)18-10-12-19(29-2)13-11-18/h3-14H,15-16H2,1-2H3. The van der Waals surface area contributed by atoms with Crippen molar-refractivity contribution < 1.29 is 9.53 Å². The van der Waals surface area contributed by atoms with Crippen LogP contribution in [0.5, 0.6) is 5.75 Å². The molecule has 1 amide bonds. The second-order valence-corrected chi connectivity index (χ2v) is 8.80. The molecule has 31 heavy (non-hydrogen) atoms. The van der Waals surface area contributed by atoms with Gasteiger partial charge < -0.3 is 9.64 Å². The van der Waals surface area contributed by atoms with Gasteiger partial charge in [0.25, 0.3) is 0 Å². The monoisotopic (exact) mass is 450 g/mol. The number of ether oxygens (including phenoxy) is 1. The van der Waals surface area contributed by atoms with Crippen LogP contribution in [-0.4, -0.2) is 45.5 Å². The predicted molar refractivity (Wildman–Crippen MR) is 125 cm³/mol. The summed E-state index contributed by atoms with van der Waals surface area (Å²) < 4.78 is 7.26. The Morgan fingerprint density at radius 1 is 1.06 bits per heavy atom. The second-order valence-electron chi connectivity index (χ2n) is 6.82. The number of aromatic nitrogens is 3. The van der Waals surface area contributed by atoms with E-state index in [1.54, 1.807) is 23.3 Å². The number of nitrogens with zero attached hydrogens (tertiary/aromatic N) is 4. The van der Waals surface area contributed by atoms with E-state index in [0.29, 0.717) is 11.7 Å². The van der Waals surface area contributed by atoms with Crippen LogP contribution in [0.25, 0.3) is 17.1 Å². The van der Waals surface area contributed by atoms with Crippen LogP contribution in [0, 0.1) is 0 Å². The number of hydrogen-bond donors (Lipinski definition) is 0. The molecule has 0 N–H and O–H groups in total. The molecule has 0 spiro atoms. The van der Waals surface area contributed by atoms with Crippen LogP contribution in [0.4, 0.5) is 0 Å². The van der Waals surface area contributed by atoms with Crippen molar-refractivity contribution in [1.29, 1.82) is 0 Å². The molecule has 0 aliphatic carbocycles. The number of amides is 1.